The molecule has 0 saturated heterocycles. The van der Waals surface area contributed by atoms with Crippen LogP contribution in [-0.2, 0) is 5.41 Å². The first-order valence-corrected chi connectivity index (χ1v) is 6.91. The zero-order valence-corrected chi connectivity index (χ0v) is 10.5. The van der Waals surface area contributed by atoms with Gasteiger partial charge in [0.2, 0.25) is 0 Å². The first-order valence-electron chi connectivity index (χ1n) is 6.91. The second-order valence-electron chi connectivity index (χ2n) is 6.07. The molecule has 2 N–H and O–H groups in total. The molecule has 94 valence electrons. The average molecular weight is 242 g/mol. The predicted octanol–water partition coefficient (Wildman–Crippen LogP) is 2.31. The van der Waals surface area contributed by atoms with Crippen molar-refractivity contribution in [3.8, 4) is 0 Å². The van der Waals surface area contributed by atoms with Crippen molar-refractivity contribution in [1.82, 2.24) is 4.90 Å². The number of hydrogen-bond donors (Lipinski definition) is 1. The van der Waals surface area contributed by atoms with E-state index in [0.29, 0.717) is 11.7 Å². The zero-order chi connectivity index (χ0) is 12.3. The summed E-state index contributed by atoms with van der Waals surface area (Å²) in [6.07, 6.45) is 6.04. The normalized spacial score (nSPS) is 24.9. The van der Waals surface area contributed by atoms with Crippen molar-refractivity contribution in [3.05, 3.63) is 29.3 Å². The molecule has 2 fully saturated rings. The van der Waals surface area contributed by atoms with E-state index >= 15 is 0 Å². The highest BCUT2D eigenvalue weighted by atomic mass is 16.2. The lowest BCUT2D eigenvalue weighted by Crippen LogP contribution is -2.53. The number of rotatable bonds is 1. The van der Waals surface area contributed by atoms with Crippen molar-refractivity contribution in [2.75, 3.05) is 12.3 Å². The molecular formula is C15H18N2O. The lowest BCUT2D eigenvalue weighted by atomic mass is 9.61. The first kappa shape index (κ1) is 10.4. The van der Waals surface area contributed by atoms with E-state index in [4.69, 9.17) is 5.73 Å². The van der Waals surface area contributed by atoms with Crippen molar-refractivity contribution >= 4 is 11.6 Å². The van der Waals surface area contributed by atoms with Crippen LogP contribution < -0.4 is 5.73 Å². The minimum atomic E-state index is 0.170. The third kappa shape index (κ3) is 1.22. The number of amides is 1. The standard InChI is InChI=1S/C15H18N2O/c16-12-4-1-3-11-13(12)14(18)17(10-5-6-10)9-15(11)7-2-8-15/h1,3-4,10H,2,5-9,16H2. The van der Waals surface area contributed by atoms with Gasteiger partial charge in [-0.05, 0) is 37.3 Å². The van der Waals surface area contributed by atoms with Crippen LogP contribution in [0.1, 0.15) is 48.0 Å². The van der Waals surface area contributed by atoms with Gasteiger partial charge in [-0.1, -0.05) is 18.6 Å². The summed E-state index contributed by atoms with van der Waals surface area (Å²) in [6.45, 7) is 0.924. The number of anilines is 1. The second-order valence-corrected chi connectivity index (χ2v) is 6.07. The summed E-state index contributed by atoms with van der Waals surface area (Å²) in [4.78, 5) is 14.7. The van der Waals surface area contributed by atoms with Gasteiger partial charge in [-0.15, -0.1) is 0 Å². The van der Waals surface area contributed by atoms with Crippen LogP contribution in [0.3, 0.4) is 0 Å². The van der Waals surface area contributed by atoms with Gasteiger partial charge in [-0.25, -0.2) is 0 Å². The predicted molar refractivity (Wildman–Crippen MR) is 70.4 cm³/mol. The monoisotopic (exact) mass is 242 g/mol. The Balaban J connectivity index is 1.88. The van der Waals surface area contributed by atoms with E-state index in [1.165, 1.54) is 37.7 Å². The largest absolute Gasteiger partial charge is 0.398 e. The molecule has 2 saturated carbocycles. The second kappa shape index (κ2) is 3.28. The Morgan fingerprint density at radius 3 is 2.67 bits per heavy atom. The summed E-state index contributed by atoms with van der Waals surface area (Å²) in [5, 5.41) is 0. The summed E-state index contributed by atoms with van der Waals surface area (Å²) in [5.41, 5.74) is 8.97. The molecule has 1 aromatic rings. The molecule has 3 heteroatoms. The van der Waals surface area contributed by atoms with E-state index in [1.54, 1.807) is 0 Å². The van der Waals surface area contributed by atoms with Crippen molar-refractivity contribution < 1.29 is 4.79 Å². The van der Waals surface area contributed by atoms with Crippen LogP contribution in [0.5, 0.6) is 0 Å². The Morgan fingerprint density at radius 2 is 2.06 bits per heavy atom. The van der Waals surface area contributed by atoms with Crippen molar-refractivity contribution in [2.45, 2.75) is 43.6 Å². The van der Waals surface area contributed by atoms with Crippen LogP contribution >= 0.6 is 0 Å². The average Bonchev–Trinajstić information content (AvgIpc) is 3.11. The van der Waals surface area contributed by atoms with Gasteiger partial charge in [-0.2, -0.15) is 0 Å². The molecule has 2 aliphatic carbocycles. The molecule has 1 heterocycles. The van der Waals surface area contributed by atoms with Crippen LogP contribution in [0.25, 0.3) is 0 Å². The molecule has 3 nitrogen and oxygen atoms in total. The van der Waals surface area contributed by atoms with Gasteiger partial charge in [0, 0.05) is 23.7 Å². The van der Waals surface area contributed by atoms with Crippen molar-refractivity contribution in [2.24, 2.45) is 0 Å². The summed E-state index contributed by atoms with van der Waals surface area (Å²) >= 11 is 0. The van der Waals surface area contributed by atoms with Gasteiger partial charge in [-0.3, -0.25) is 4.79 Å². The number of nitrogen functional groups attached to an aromatic ring is 1. The Kier molecular flexibility index (Phi) is 1.90. The van der Waals surface area contributed by atoms with Crippen LogP contribution in [-0.4, -0.2) is 23.4 Å². The fraction of sp³-hybridized carbons (Fsp3) is 0.533. The molecule has 4 rings (SSSR count). The summed E-state index contributed by atoms with van der Waals surface area (Å²) in [7, 11) is 0. The van der Waals surface area contributed by atoms with E-state index in [0.717, 1.165) is 12.1 Å². The molecule has 0 atom stereocenters. The van der Waals surface area contributed by atoms with Crippen LogP contribution in [0.4, 0.5) is 5.69 Å². The molecule has 1 amide bonds. The number of hydrogen-bond acceptors (Lipinski definition) is 2. The van der Waals surface area contributed by atoms with Crippen molar-refractivity contribution in [1.29, 1.82) is 0 Å². The topological polar surface area (TPSA) is 46.3 Å². The van der Waals surface area contributed by atoms with Gasteiger partial charge in [0.1, 0.15) is 0 Å². The maximum Gasteiger partial charge on any atom is 0.256 e. The lowest BCUT2D eigenvalue weighted by Gasteiger charge is -2.50. The maximum atomic E-state index is 12.6. The van der Waals surface area contributed by atoms with E-state index in [2.05, 4.69) is 11.0 Å². The van der Waals surface area contributed by atoms with Gasteiger partial charge in [0.15, 0.2) is 0 Å². The highest BCUT2D eigenvalue weighted by Gasteiger charge is 2.50. The quantitative estimate of drug-likeness (QED) is 0.768. The molecule has 0 aromatic heterocycles. The van der Waals surface area contributed by atoms with E-state index in [9.17, 15) is 4.79 Å². The van der Waals surface area contributed by atoms with E-state index < -0.39 is 0 Å². The molecule has 1 aliphatic heterocycles. The number of fused-ring (bicyclic) bond motifs is 2. The highest BCUT2D eigenvalue weighted by Crippen LogP contribution is 2.50. The molecule has 0 radical (unpaired) electrons. The van der Waals surface area contributed by atoms with Crippen LogP contribution in [0.15, 0.2) is 18.2 Å². The smallest absolute Gasteiger partial charge is 0.256 e. The lowest BCUT2D eigenvalue weighted by molar-refractivity contribution is 0.0572. The third-order valence-electron chi connectivity index (χ3n) is 4.91. The molecule has 18 heavy (non-hydrogen) atoms. The SMILES string of the molecule is Nc1cccc2c1C(=O)N(C1CC1)CC21CCC1. The molecular weight excluding hydrogens is 224 g/mol. The fourth-order valence-corrected chi connectivity index (χ4v) is 3.59. The van der Waals surface area contributed by atoms with Crippen LogP contribution in [0, 0.1) is 0 Å². The number of carbonyl (C=O) groups is 1. The van der Waals surface area contributed by atoms with Gasteiger partial charge >= 0.3 is 0 Å². The minimum absolute atomic E-state index is 0.170. The highest BCUT2D eigenvalue weighted by molar-refractivity contribution is 6.02. The molecule has 3 aliphatic rings. The Labute approximate surface area is 107 Å². The van der Waals surface area contributed by atoms with Crippen LogP contribution in [0.2, 0.25) is 0 Å². The Hall–Kier alpha value is -1.51. The third-order valence-corrected chi connectivity index (χ3v) is 4.91. The fourth-order valence-electron chi connectivity index (χ4n) is 3.59. The number of benzene rings is 1. The summed E-state index contributed by atoms with van der Waals surface area (Å²) in [5.74, 6) is 0.170. The maximum absolute atomic E-state index is 12.6. The van der Waals surface area contributed by atoms with Gasteiger partial charge in [0.05, 0.1) is 5.56 Å². The summed E-state index contributed by atoms with van der Waals surface area (Å²) < 4.78 is 0. The minimum Gasteiger partial charge on any atom is -0.398 e. The first-order chi connectivity index (χ1) is 8.71. The molecule has 1 spiro atoms. The van der Waals surface area contributed by atoms with Gasteiger partial charge in [0.25, 0.3) is 5.91 Å². The number of nitrogens with zero attached hydrogens (tertiary/aromatic N) is 1. The van der Waals surface area contributed by atoms with Crippen molar-refractivity contribution in [3.63, 3.8) is 0 Å². The number of nitrogens with two attached hydrogens (primary N) is 1. The molecule has 1 aromatic carbocycles. The Morgan fingerprint density at radius 1 is 1.28 bits per heavy atom. The molecule has 0 bridgehead atoms. The van der Waals surface area contributed by atoms with Gasteiger partial charge < -0.3 is 10.6 Å². The summed E-state index contributed by atoms with van der Waals surface area (Å²) in [6, 6.07) is 6.46. The van der Waals surface area contributed by atoms with E-state index in [1.807, 2.05) is 12.1 Å². The molecule has 0 unspecified atom stereocenters. The number of carbonyl (C=O) groups excluding carboxylic acids is 1. The zero-order valence-electron chi connectivity index (χ0n) is 10.5. The van der Waals surface area contributed by atoms with E-state index in [-0.39, 0.29) is 11.3 Å². The Bertz CT molecular complexity index is 529.